The first-order chi connectivity index (χ1) is 9.63. The first-order valence-electron chi connectivity index (χ1n) is 6.86. The van der Waals surface area contributed by atoms with E-state index >= 15 is 0 Å². The van der Waals surface area contributed by atoms with Crippen LogP contribution in [0.2, 0.25) is 10.0 Å². The third kappa shape index (κ3) is 2.70. The van der Waals surface area contributed by atoms with Crippen LogP contribution in [0, 0.1) is 11.3 Å². The lowest BCUT2D eigenvalue weighted by Crippen LogP contribution is -2.35. The van der Waals surface area contributed by atoms with E-state index in [0.717, 1.165) is 39.5 Å². The molecule has 2 aliphatic rings. The molecule has 1 aromatic rings. The van der Waals surface area contributed by atoms with Gasteiger partial charge in [0.05, 0.1) is 29.9 Å². The van der Waals surface area contributed by atoms with Gasteiger partial charge < -0.3 is 9.47 Å². The van der Waals surface area contributed by atoms with Crippen molar-refractivity contribution in [2.45, 2.75) is 6.54 Å². The van der Waals surface area contributed by atoms with E-state index in [2.05, 4.69) is 4.90 Å². The Morgan fingerprint density at radius 3 is 3.00 bits per heavy atom. The number of likely N-dealkylation sites (tertiary alicyclic amines) is 1. The van der Waals surface area contributed by atoms with Gasteiger partial charge in [-0.2, -0.15) is 0 Å². The van der Waals surface area contributed by atoms with Crippen molar-refractivity contribution < 1.29 is 9.47 Å². The fourth-order valence-electron chi connectivity index (χ4n) is 3.45. The van der Waals surface area contributed by atoms with Gasteiger partial charge in [0.25, 0.3) is 0 Å². The average molecular weight is 316 g/mol. The first kappa shape index (κ1) is 14.6. The van der Waals surface area contributed by atoms with Crippen LogP contribution in [0.25, 0.3) is 0 Å². The molecule has 3 rings (SSSR count). The van der Waals surface area contributed by atoms with Crippen LogP contribution in [-0.4, -0.2) is 44.9 Å². The molecule has 1 aromatic carbocycles. The average Bonchev–Trinajstić information content (AvgIpc) is 2.90. The summed E-state index contributed by atoms with van der Waals surface area (Å²) >= 11 is 12.0. The summed E-state index contributed by atoms with van der Waals surface area (Å²) in [6, 6.07) is 5.86. The molecule has 0 unspecified atom stereocenters. The molecule has 0 spiro atoms. The van der Waals surface area contributed by atoms with Crippen LogP contribution in [0.15, 0.2) is 18.2 Å². The monoisotopic (exact) mass is 315 g/mol. The van der Waals surface area contributed by atoms with E-state index in [-0.39, 0.29) is 5.41 Å². The molecule has 2 atom stereocenters. The molecule has 2 saturated heterocycles. The Balaban J connectivity index is 1.69. The molecular weight excluding hydrogens is 297 g/mol. The zero-order valence-corrected chi connectivity index (χ0v) is 13.1. The summed E-state index contributed by atoms with van der Waals surface area (Å²) in [7, 11) is 1.77. The predicted molar refractivity (Wildman–Crippen MR) is 80.4 cm³/mol. The summed E-state index contributed by atoms with van der Waals surface area (Å²) in [5, 5.41) is 1.23. The SMILES string of the molecule is COC[C@@]12COC[C@@H]1CN(Cc1ccc(Cl)c(Cl)c1)C2. The molecule has 0 saturated carbocycles. The second kappa shape index (κ2) is 5.82. The quantitative estimate of drug-likeness (QED) is 0.852. The topological polar surface area (TPSA) is 21.7 Å². The Hall–Kier alpha value is -0.320. The number of halogens is 2. The van der Waals surface area contributed by atoms with Gasteiger partial charge in [-0.05, 0) is 17.7 Å². The van der Waals surface area contributed by atoms with E-state index in [1.807, 2.05) is 18.2 Å². The number of hydrogen-bond donors (Lipinski definition) is 0. The van der Waals surface area contributed by atoms with Crippen LogP contribution >= 0.6 is 23.2 Å². The van der Waals surface area contributed by atoms with Crippen molar-refractivity contribution in [2.75, 3.05) is 40.0 Å². The molecular formula is C15H19Cl2NO2. The molecule has 0 aromatic heterocycles. The van der Waals surface area contributed by atoms with Crippen molar-refractivity contribution in [2.24, 2.45) is 11.3 Å². The number of methoxy groups -OCH3 is 1. The van der Waals surface area contributed by atoms with Gasteiger partial charge in [0.1, 0.15) is 0 Å². The van der Waals surface area contributed by atoms with Gasteiger partial charge >= 0.3 is 0 Å². The van der Waals surface area contributed by atoms with Crippen LogP contribution in [-0.2, 0) is 16.0 Å². The maximum atomic E-state index is 6.08. The third-order valence-corrected chi connectivity index (χ3v) is 5.15. The molecule has 3 nitrogen and oxygen atoms in total. The van der Waals surface area contributed by atoms with Gasteiger partial charge in [0.15, 0.2) is 0 Å². The molecule has 20 heavy (non-hydrogen) atoms. The summed E-state index contributed by atoms with van der Waals surface area (Å²) in [6.07, 6.45) is 0. The Kier molecular flexibility index (Phi) is 4.25. The second-order valence-electron chi connectivity index (χ2n) is 5.93. The molecule has 5 heteroatoms. The highest BCUT2D eigenvalue weighted by Gasteiger charge is 2.50. The molecule has 110 valence electrons. The highest BCUT2D eigenvalue weighted by atomic mass is 35.5. The number of fused-ring (bicyclic) bond motifs is 1. The van der Waals surface area contributed by atoms with Crippen LogP contribution in [0.5, 0.6) is 0 Å². The van der Waals surface area contributed by atoms with Gasteiger partial charge in [-0.1, -0.05) is 29.3 Å². The van der Waals surface area contributed by atoms with Crippen molar-refractivity contribution in [3.05, 3.63) is 33.8 Å². The first-order valence-corrected chi connectivity index (χ1v) is 7.61. The van der Waals surface area contributed by atoms with Crippen molar-refractivity contribution >= 4 is 23.2 Å². The fraction of sp³-hybridized carbons (Fsp3) is 0.600. The summed E-state index contributed by atoms with van der Waals surface area (Å²) in [5.74, 6) is 0.574. The lowest BCUT2D eigenvalue weighted by molar-refractivity contribution is 0.0533. The lowest BCUT2D eigenvalue weighted by Gasteiger charge is -2.26. The summed E-state index contributed by atoms with van der Waals surface area (Å²) in [4.78, 5) is 2.46. The van der Waals surface area contributed by atoms with Gasteiger partial charge in [-0.25, -0.2) is 0 Å². The zero-order valence-electron chi connectivity index (χ0n) is 11.6. The molecule has 2 aliphatic heterocycles. The predicted octanol–water partition coefficient (Wildman–Crippen LogP) is 3.09. The number of hydrogen-bond acceptors (Lipinski definition) is 3. The molecule has 2 heterocycles. The van der Waals surface area contributed by atoms with Crippen LogP contribution in [0.1, 0.15) is 5.56 Å². The largest absolute Gasteiger partial charge is 0.384 e. The Morgan fingerprint density at radius 2 is 2.25 bits per heavy atom. The molecule has 0 radical (unpaired) electrons. The highest BCUT2D eigenvalue weighted by Crippen LogP contribution is 2.42. The van der Waals surface area contributed by atoms with Crippen LogP contribution < -0.4 is 0 Å². The highest BCUT2D eigenvalue weighted by molar-refractivity contribution is 6.42. The number of nitrogens with zero attached hydrogens (tertiary/aromatic N) is 1. The van der Waals surface area contributed by atoms with E-state index in [1.165, 1.54) is 5.56 Å². The van der Waals surface area contributed by atoms with Crippen LogP contribution in [0.4, 0.5) is 0 Å². The smallest absolute Gasteiger partial charge is 0.0595 e. The Morgan fingerprint density at radius 1 is 1.40 bits per heavy atom. The Bertz CT molecular complexity index is 497. The molecule has 2 fully saturated rings. The maximum Gasteiger partial charge on any atom is 0.0595 e. The number of benzene rings is 1. The summed E-state index contributed by atoms with van der Waals surface area (Å²) in [5.41, 5.74) is 1.37. The van der Waals surface area contributed by atoms with Crippen molar-refractivity contribution in [1.29, 1.82) is 0 Å². The minimum atomic E-state index is 0.172. The normalized spacial score (nSPS) is 29.9. The van der Waals surface area contributed by atoms with E-state index in [1.54, 1.807) is 7.11 Å². The minimum absolute atomic E-state index is 0.172. The van der Waals surface area contributed by atoms with Crippen molar-refractivity contribution in [1.82, 2.24) is 4.90 Å². The Labute approximate surface area is 129 Å². The summed E-state index contributed by atoms with van der Waals surface area (Å²) in [6.45, 7) is 5.41. The maximum absolute atomic E-state index is 6.08. The van der Waals surface area contributed by atoms with Gasteiger partial charge in [0, 0.05) is 38.1 Å². The molecule has 0 aliphatic carbocycles. The van der Waals surface area contributed by atoms with E-state index < -0.39 is 0 Å². The summed E-state index contributed by atoms with van der Waals surface area (Å²) < 4.78 is 11.1. The van der Waals surface area contributed by atoms with Gasteiger partial charge in [-0.3, -0.25) is 4.90 Å². The lowest BCUT2D eigenvalue weighted by atomic mass is 9.82. The van der Waals surface area contributed by atoms with E-state index in [0.29, 0.717) is 16.0 Å². The van der Waals surface area contributed by atoms with Crippen molar-refractivity contribution in [3.63, 3.8) is 0 Å². The van der Waals surface area contributed by atoms with Gasteiger partial charge in [-0.15, -0.1) is 0 Å². The molecule has 0 N–H and O–H groups in total. The molecule has 0 bridgehead atoms. The minimum Gasteiger partial charge on any atom is -0.384 e. The third-order valence-electron chi connectivity index (χ3n) is 4.41. The van der Waals surface area contributed by atoms with Gasteiger partial charge in [0.2, 0.25) is 0 Å². The fourth-order valence-corrected chi connectivity index (χ4v) is 3.77. The van der Waals surface area contributed by atoms with Crippen LogP contribution in [0.3, 0.4) is 0 Å². The molecule has 0 amide bonds. The van der Waals surface area contributed by atoms with E-state index in [9.17, 15) is 0 Å². The number of rotatable bonds is 4. The zero-order chi connectivity index (χ0) is 14.2. The number of ether oxygens (including phenoxy) is 2. The second-order valence-corrected chi connectivity index (χ2v) is 6.74. The van der Waals surface area contributed by atoms with E-state index in [4.69, 9.17) is 32.7 Å². The standard InChI is InChI=1S/C15H19Cl2NO2/c1-19-9-15-8-18(6-12(15)7-20-10-15)5-11-2-3-13(16)14(17)4-11/h2-4,12H,5-10H2,1H3/t12-,15-/m0/s1. The van der Waals surface area contributed by atoms with Crippen molar-refractivity contribution in [3.8, 4) is 0 Å².